The summed E-state index contributed by atoms with van der Waals surface area (Å²) in [5.41, 5.74) is 5.89. The molecule has 1 saturated carbocycles. The molecule has 31 heavy (non-hydrogen) atoms. The van der Waals surface area contributed by atoms with Crippen LogP contribution < -0.4 is 15.8 Å². The van der Waals surface area contributed by atoms with Gasteiger partial charge in [-0.2, -0.15) is 4.98 Å². The fourth-order valence-electron chi connectivity index (χ4n) is 4.17. The van der Waals surface area contributed by atoms with Gasteiger partial charge in [0, 0.05) is 20.2 Å². The Labute approximate surface area is 187 Å². The molecule has 1 aromatic rings. The van der Waals surface area contributed by atoms with Crippen LogP contribution in [0.2, 0.25) is 5.02 Å². The number of aromatic nitrogens is 1. The molecule has 0 spiro atoms. The largest absolute Gasteiger partial charge is 0.480 e. The van der Waals surface area contributed by atoms with Gasteiger partial charge in [0.1, 0.15) is 17.5 Å². The van der Waals surface area contributed by atoms with E-state index in [2.05, 4.69) is 10.3 Å². The van der Waals surface area contributed by atoms with Crippen LogP contribution in [0.25, 0.3) is 0 Å². The molecule has 2 heterocycles. The number of halogens is 1. The van der Waals surface area contributed by atoms with Crippen molar-refractivity contribution in [2.75, 3.05) is 39.6 Å². The van der Waals surface area contributed by atoms with Crippen LogP contribution in [-0.2, 0) is 14.3 Å². The number of nitrogens with zero attached hydrogens (tertiary/aromatic N) is 2. The van der Waals surface area contributed by atoms with Gasteiger partial charge in [-0.1, -0.05) is 18.0 Å². The SMILES string of the molecule is COc1nc(N)c(Cl)cc1C(=O)N[C@H]1CCN(CC(=O)OC2CCCCC2)C[C@H]1OC. The molecule has 1 aliphatic heterocycles. The van der Waals surface area contributed by atoms with Crippen LogP contribution in [0.3, 0.4) is 0 Å². The summed E-state index contributed by atoms with van der Waals surface area (Å²) in [5, 5.41) is 3.15. The van der Waals surface area contributed by atoms with E-state index in [0.29, 0.717) is 19.5 Å². The number of hydrogen-bond donors (Lipinski definition) is 2. The average molecular weight is 455 g/mol. The molecule has 9 nitrogen and oxygen atoms in total. The van der Waals surface area contributed by atoms with Crippen LogP contribution in [0.15, 0.2) is 6.07 Å². The number of pyridine rings is 1. The Morgan fingerprint density at radius 3 is 2.68 bits per heavy atom. The van der Waals surface area contributed by atoms with Crippen molar-refractivity contribution in [3.05, 3.63) is 16.7 Å². The highest BCUT2D eigenvalue weighted by atomic mass is 35.5. The fraction of sp³-hybridized carbons (Fsp3) is 0.667. The van der Waals surface area contributed by atoms with Gasteiger partial charge in [0.15, 0.2) is 0 Å². The van der Waals surface area contributed by atoms with Crippen molar-refractivity contribution in [1.29, 1.82) is 0 Å². The van der Waals surface area contributed by atoms with Crippen molar-refractivity contribution in [3.63, 3.8) is 0 Å². The van der Waals surface area contributed by atoms with E-state index in [4.69, 9.17) is 31.5 Å². The lowest BCUT2D eigenvalue weighted by atomic mass is 9.98. The minimum absolute atomic E-state index is 0.0478. The first-order valence-electron chi connectivity index (χ1n) is 10.7. The van der Waals surface area contributed by atoms with Crippen molar-refractivity contribution in [2.45, 2.75) is 56.8 Å². The van der Waals surface area contributed by atoms with Gasteiger partial charge in [0.25, 0.3) is 5.91 Å². The van der Waals surface area contributed by atoms with Crippen molar-refractivity contribution >= 4 is 29.3 Å². The monoisotopic (exact) mass is 454 g/mol. The number of methoxy groups -OCH3 is 2. The van der Waals surface area contributed by atoms with Crippen molar-refractivity contribution < 1.29 is 23.8 Å². The highest BCUT2D eigenvalue weighted by Gasteiger charge is 2.33. The molecule has 2 fully saturated rings. The predicted octanol–water partition coefficient (Wildman–Crippen LogP) is 2.02. The highest BCUT2D eigenvalue weighted by molar-refractivity contribution is 6.33. The zero-order chi connectivity index (χ0) is 22.4. The number of piperidine rings is 1. The molecule has 3 N–H and O–H groups in total. The number of ether oxygens (including phenoxy) is 3. The van der Waals surface area contributed by atoms with E-state index in [1.54, 1.807) is 7.11 Å². The van der Waals surface area contributed by atoms with Crippen molar-refractivity contribution in [2.24, 2.45) is 0 Å². The molecule has 0 unspecified atom stereocenters. The molecular weight excluding hydrogens is 424 g/mol. The van der Waals surface area contributed by atoms with Crippen LogP contribution in [-0.4, -0.2) is 73.9 Å². The molecule has 1 aliphatic carbocycles. The molecule has 10 heteroatoms. The summed E-state index contributed by atoms with van der Waals surface area (Å²) in [6, 6.07) is 1.21. The highest BCUT2D eigenvalue weighted by Crippen LogP contribution is 2.26. The Bertz CT molecular complexity index is 787. The molecule has 0 bridgehead atoms. The van der Waals surface area contributed by atoms with E-state index in [1.807, 2.05) is 4.90 Å². The van der Waals surface area contributed by atoms with Crippen LogP contribution in [0.4, 0.5) is 5.82 Å². The third-order valence-corrected chi connectivity index (χ3v) is 6.17. The summed E-state index contributed by atoms with van der Waals surface area (Å²) in [7, 11) is 3.01. The second-order valence-corrected chi connectivity index (χ2v) is 8.45. The number of nitrogens with two attached hydrogens (primary N) is 1. The fourth-order valence-corrected chi connectivity index (χ4v) is 4.32. The van der Waals surface area contributed by atoms with E-state index in [1.165, 1.54) is 19.6 Å². The number of rotatable bonds is 7. The minimum Gasteiger partial charge on any atom is -0.480 e. The third kappa shape index (κ3) is 6.21. The Balaban J connectivity index is 1.55. The van der Waals surface area contributed by atoms with Crippen molar-refractivity contribution in [3.8, 4) is 5.88 Å². The van der Waals surface area contributed by atoms with E-state index >= 15 is 0 Å². The number of likely N-dealkylation sites (tertiary alicyclic amines) is 1. The van der Waals surface area contributed by atoms with Crippen LogP contribution >= 0.6 is 11.6 Å². The number of carbonyl (C=O) groups is 2. The summed E-state index contributed by atoms with van der Waals surface area (Å²) in [5.74, 6) is -0.366. The molecule has 0 aromatic carbocycles. The lowest BCUT2D eigenvalue weighted by Gasteiger charge is -2.37. The van der Waals surface area contributed by atoms with Crippen LogP contribution in [0.5, 0.6) is 5.88 Å². The van der Waals surface area contributed by atoms with E-state index in [-0.39, 0.29) is 59.0 Å². The summed E-state index contributed by atoms with van der Waals surface area (Å²) in [6.07, 6.45) is 5.76. The molecule has 2 aliphatic rings. The van der Waals surface area contributed by atoms with Crippen LogP contribution in [0, 0.1) is 0 Å². The Kier molecular flexibility index (Phi) is 8.34. The Hall–Kier alpha value is -2.10. The summed E-state index contributed by atoms with van der Waals surface area (Å²) in [6.45, 7) is 1.38. The topological polar surface area (TPSA) is 116 Å². The number of nitrogens with one attached hydrogen (secondary N) is 1. The van der Waals surface area contributed by atoms with Gasteiger partial charge in [0.05, 0.1) is 30.8 Å². The van der Waals surface area contributed by atoms with E-state index in [9.17, 15) is 9.59 Å². The number of esters is 1. The molecule has 1 saturated heterocycles. The summed E-state index contributed by atoms with van der Waals surface area (Å²) >= 11 is 6.02. The lowest BCUT2D eigenvalue weighted by molar-refractivity contribution is -0.152. The Morgan fingerprint density at radius 2 is 2.00 bits per heavy atom. The first-order chi connectivity index (χ1) is 14.9. The quantitative estimate of drug-likeness (QED) is 0.601. The number of nitrogen functional groups attached to an aromatic ring is 1. The van der Waals surface area contributed by atoms with Gasteiger partial charge in [-0.25, -0.2) is 0 Å². The third-order valence-electron chi connectivity index (χ3n) is 5.87. The first-order valence-corrected chi connectivity index (χ1v) is 11.0. The molecule has 1 amide bonds. The normalized spacial score (nSPS) is 22.7. The van der Waals surface area contributed by atoms with Gasteiger partial charge in [-0.05, 0) is 38.2 Å². The molecular formula is C21H31ClN4O5. The zero-order valence-electron chi connectivity index (χ0n) is 18.1. The molecule has 172 valence electrons. The maximum Gasteiger partial charge on any atom is 0.320 e. The van der Waals surface area contributed by atoms with E-state index in [0.717, 1.165) is 25.7 Å². The number of hydrogen-bond acceptors (Lipinski definition) is 8. The number of carbonyl (C=O) groups excluding carboxylic acids is 2. The van der Waals surface area contributed by atoms with Gasteiger partial charge in [-0.3, -0.25) is 14.5 Å². The molecule has 3 rings (SSSR count). The van der Waals surface area contributed by atoms with Gasteiger partial charge in [-0.15, -0.1) is 0 Å². The van der Waals surface area contributed by atoms with Crippen LogP contribution in [0.1, 0.15) is 48.9 Å². The predicted molar refractivity (Wildman–Crippen MR) is 116 cm³/mol. The average Bonchev–Trinajstić information content (AvgIpc) is 2.76. The number of anilines is 1. The maximum atomic E-state index is 12.8. The molecule has 0 radical (unpaired) electrons. The lowest BCUT2D eigenvalue weighted by Crippen LogP contribution is -2.55. The van der Waals surface area contributed by atoms with Gasteiger partial charge >= 0.3 is 5.97 Å². The Morgan fingerprint density at radius 1 is 1.26 bits per heavy atom. The standard InChI is InChI=1S/C21H31ClN4O5/c1-29-17-11-26(12-18(27)31-13-6-4-3-5-7-13)9-8-16(17)24-20(28)14-10-15(22)19(23)25-21(14)30-2/h10,13,16-17H,3-9,11-12H2,1-2H3,(H2,23,25)(H,24,28)/t16-,17+/m0/s1. The van der Waals surface area contributed by atoms with Gasteiger partial charge in [0.2, 0.25) is 5.88 Å². The second kappa shape index (κ2) is 11.0. The summed E-state index contributed by atoms with van der Waals surface area (Å²) < 4.78 is 16.4. The molecule has 1 aromatic heterocycles. The number of amides is 1. The summed E-state index contributed by atoms with van der Waals surface area (Å²) in [4.78, 5) is 31.2. The van der Waals surface area contributed by atoms with Gasteiger partial charge < -0.3 is 25.3 Å². The minimum atomic E-state index is -0.372. The first kappa shape index (κ1) is 23.6. The smallest absolute Gasteiger partial charge is 0.320 e. The maximum absolute atomic E-state index is 12.8. The second-order valence-electron chi connectivity index (χ2n) is 8.04. The van der Waals surface area contributed by atoms with Crippen molar-refractivity contribution in [1.82, 2.24) is 15.2 Å². The molecule has 2 atom stereocenters. The van der Waals surface area contributed by atoms with E-state index < -0.39 is 0 Å². The zero-order valence-corrected chi connectivity index (χ0v) is 18.8.